The van der Waals surface area contributed by atoms with Crippen LogP contribution in [0, 0.1) is 6.92 Å². The van der Waals surface area contributed by atoms with Crippen molar-refractivity contribution in [1.82, 2.24) is 14.8 Å². The van der Waals surface area contributed by atoms with Gasteiger partial charge in [-0.05, 0) is 25.5 Å². The summed E-state index contributed by atoms with van der Waals surface area (Å²) in [6.07, 6.45) is 3.86. The van der Waals surface area contributed by atoms with Gasteiger partial charge in [-0.3, -0.25) is 9.48 Å². The third-order valence-corrected chi connectivity index (χ3v) is 3.81. The van der Waals surface area contributed by atoms with Crippen molar-refractivity contribution in [1.29, 1.82) is 0 Å². The van der Waals surface area contributed by atoms with Crippen LogP contribution in [0.3, 0.4) is 0 Å². The molecule has 0 aliphatic carbocycles. The minimum atomic E-state index is -0.164. The van der Waals surface area contributed by atoms with Gasteiger partial charge in [-0.15, -0.1) is 0 Å². The zero-order valence-electron chi connectivity index (χ0n) is 13.3. The van der Waals surface area contributed by atoms with Gasteiger partial charge in [-0.25, -0.2) is 4.98 Å². The van der Waals surface area contributed by atoms with Crippen molar-refractivity contribution in [3.05, 3.63) is 53.7 Å². The van der Waals surface area contributed by atoms with Gasteiger partial charge in [0.25, 0.3) is 5.91 Å². The highest BCUT2D eigenvalue weighted by Crippen LogP contribution is 2.21. The number of nitrogens with one attached hydrogen (secondary N) is 1. The number of rotatable bonds is 4. The molecule has 1 amide bonds. The molecular weight excluding hydrogens is 292 g/mol. The van der Waals surface area contributed by atoms with Crippen molar-refractivity contribution >= 4 is 11.7 Å². The van der Waals surface area contributed by atoms with Gasteiger partial charge in [0.05, 0.1) is 11.9 Å². The number of anilines is 1. The van der Waals surface area contributed by atoms with Crippen LogP contribution >= 0.6 is 0 Å². The van der Waals surface area contributed by atoms with Crippen LogP contribution in [0.25, 0.3) is 11.3 Å². The molecule has 118 valence electrons. The smallest absolute Gasteiger partial charge is 0.256 e. The topological polar surface area (TPSA) is 73.0 Å². The van der Waals surface area contributed by atoms with E-state index < -0.39 is 0 Å². The van der Waals surface area contributed by atoms with E-state index >= 15 is 0 Å². The summed E-state index contributed by atoms with van der Waals surface area (Å²) in [4.78, 5) is 16.3. The third-order valence-electron chi connectivity index (χ3n) is 3.81. The molecule has 0 fully saturated rings. The van der Waals surface area contributed by atoms with E-state index in [1.807, 2.05) is 33.0 Å². The summed E-state index contributed by atoms with van der Waals surface area (Å²) in [5.41, 5.74) is 3.45. The first kappa shape index (κ1) is 15.0. The van der Waals surface area contributed by atoms with E-state index in [0.29, 0.717) is 11.3 Å². The molecule has 2 aromatic heterocycles. The van der Waals surface area contributed by atoms with Crippen LogP contribution in [-0.4, -0.2) is 20.7 Å². The number of carbonyl (C=O) groups is 1. The Bertz CT molecular complexity index is 817. The first-order chi connectivity index (χ1) is 11.1. The van der Waals surface area contributed by atoms with Crippen molar-refractivity contribution in [2.75, 3.05) is 5.32 Å². The van der Waals surface area contributed by atoms with Crippen LogP contribution in [0.2, 0.25) is 0 Å². The SMILES string of the molecule is CCc1nn(C)c(NC(=O)c2ccc(-c3cnco3)cc2)c1C. The highest BCUT2D eigenvalue weighted by molar-refractivity contribution is 6.04. The van der Waals surface area contributed by atoms with Crippen LogP contribution in [0.5, 0.6) is 0 Å². The fourth-order valence-electron chi connectivity index (χ4n) is 2.52. The predicted octanol–water partition coefficient (Wildman–Crippen LogP) is 3.20. The van der Waals surface area contributed by atoms with Crippen LogP contribution in [0.4, 0.5) is 5.82 Å². The zero-order valence-corrected chi connectivity index (χ0v) is 13.3. The van der Waals surface area contributed by atoms with Gasteiger partial charge in [-0.2, -0.15) is 5.10 Å². The first-order valence-electron chi connectivity index (χ1n) is 7.43. The fraction of sp³-hybridized carbons (Fsp3) is 0.235. The molecule has 0 atom stereocenters. The molecule has 0 saturated heterocycles. The summed E-state index contributed by atoms with van der Waals surface area (Å²) < 4.78 is 6.94. The highest BCUT2D eigenvalue weighted by Gasteiger charge is 2.15. The number of nitrogens with zero attached hydrogens (tertiary/aromatic N) is 3. The Morgan fingerprint density at radius 2 is 2.04 bits per heavy atom. The zero-order chi connectivity index (χ0) is 16.4. The lowest BCUT2D eigenvalue weighted by Gasteiger charge is -2.07. The van der Waals surface area contributed by atoms with Gasteiger partial charge < -0.3 is 9.73 Å². The molecule has 0 aliphatic heterocycles. The molecule has 23 heavy (non-hydrogen) atoms. The lowest BCUT2D eigenvalue weighted by atomic mass is 10.1. The molecule has 0 saturated carbocycles. The molecule has 0 radical (unpaired) electrons. The predicted molar refractivity (Wildman–Crippen MR) is 87.2 cm³/mol. The standard InChI is InChI=1S/C17H18N4O2/c1-4-14-11(2)16(21(3)20-14)19-17(22)13-7-5-12(6-8-13)15-9-18-10-23-15/h5-10H,4H2,1-3H3,(H,19,22). The summed E-state index contributed by atoms with van der Waals surface area (Å²) in [5, 5.41) is 7.34. The summed E-state index contributed by atoms with van der Waals surface area (Å²) in [6.45, 7) is 4.01. The maximum Gasteiger partial charge on any atom is 0.256 e. The molecule has 0 aliphatic rings. The van der Waals surface area contributed by atoms with E-state index in [9.17, 15) is 4.79 Å². The molecular formula is C17H18N4O2. The van der Waals surface area contributed by atoms with E-state index in [1.54, 1.807) is 23.0 Å². The average molecular weight is 310 g/mol. The largest absolute Gasteiger partial charge is 0.444 e. The summed E-state index contributed by atoms with van der Waals surface area (Å²) in [5.74, 6) is 1.24. The molecule has 0 spiro atoms. The molecule has 0 unspecified atom stereocenters. The van der Waals surface area contributed by atoms with E-state index in [2.05, 4.69) is 15.4 Å². The maximum absolute atomic E-state index is 12.4. The maximum atomic E-state index is 12.4. The molecule has 0 bridgehead atoms. The Hall–Kier alpha value is -2.89. The first-order valence-corrected chi connectivity index (χ1v) is 7.43. The third kappa shape index (κ3) is 2.88. The Labute approximate surface area is 134 Å². The summed E-state index contributed by atoms with van der Waals surface area (Å²) >= 11 is 0. The second-order valence-electron chi connectivity index (χ2n) is 5.29. The molecule has 6 nitrogen and oxygen atoms in total. The Balaban J connectivity index is 1.80. The van der Waals surface area contributed by atoms with Crippen molar-refractivity contribution in [3.8, 4) is 11.3 Å². The number of amides is 1. The van der Waals surface area contributed by atoms with Crippen molar-refractivity contribution in [2.24, 2.45) is 7.05 Å². The van der Waals surface area contributed by atoms with E-state index in [4.69, 9.17) is 4.42 Å². The Morgan fingerprint density at radius 1 is 1.30 bits per heavy atom. The monoisotopic (exact) mass is 310 g/mol. The second kappa shape index (κ2) is 6.08. The Kier molecular flexibility index (Phi) is 3.97. The van der Waals surface area contributed by atoms with Gasteiger partial charge in [0.1, 0.15) is 5.82 Å². The van der Waals surface area contributed by atoms with Crippen molar-refractivity contribution in [3.63, 3.8) is 0 Å². The van der Waals surface area contributed by atoms with Crippen LogP contribution in [-0.2, 0) is 13.5 Å². The minimum absolute atomic E-state index is 0.164. The number of hydrogen-bond acceptors (Lipinski definition) is 4. The number of oxazole rings is 1. The van der Waals surface area contributed by atoms with E-state index in [-0.39, 0.29) is 5.91 Å². The quantitative estimate of drug-likeness (QED) is 0.803. The van der Waals surface area contributed by atoms with Gasteiger partial charge >= 0.3 is 0 Å². The fourth-order valence-corrected chi connectivity index (χ4v) is 2.52. The normalized spacial score (nSPS) is 10.7. The molecule has 1 aromatic carbocycles. The number of benzene rings is 1. The van der Waals surface area contributed by atoms with Gasteiger partial charge in [0.15, 0.2) is 12.2 Å². The highest BCUT2D eigenvalue weighted by atomic mass is 16.3. The van der Waals surface area contributed by atoms with Crippen LogP contribution < -0.4 is 5.32 Å². The number of carbonyl (C=O) groups excluding carboxylic acids is 1. The van der Waals surface area contributed by atoms with Crippen molar-refractivity contribution in [2.45, 2.75) is 20.3 Å². The second-order valence-corrected chi connectivity index (χ2v) is 5.29. The number of aromatic nitrogens is 3. The molecule has 2 heterocycles. The van der Waals surface area contributed by atoms with Gasteiger partial charge in [0.2, 0.25) is 0 Å². The lowest BCUT2D eigenvalue weighted by molar-refractivity contribution is 0.102. The molecule has 3 rings (SSSR count). The number of hydrogen-bond donors (Lipinski definition) is 1. The van der Waals surface area contributed by atoms with Crippen molar-refractivity contribution < 1.29 is 9.21 Å². The molecule has 6 heteroatoms. The number of aryl methyl sites for hydroxylation is 2. The summed E-state index contributed by atoms with van der Waals surface area (Å²) in [6, 6.07) is 7.20. The van der Waals surface area contributed by atoms with E-state index in [0.717, 1.165) is 29.1 Å². The molecule has 3 aromatic rings. The molecule has 1 N–H and O–H groups in total. The van der Waals surface area contributed by atoms with Crippen LogP contribution in [0.15, 0.2) is 41.3 Å². The summed E-state index contributed by atoms with van der Waals surface area (Å²) in [7, 11) is 1.83. The van der Waals surface area contributed by atoms with Crippen LogP contribution in [0.1, 0.15) is 28.5 Å². The Morgan fingerprint density at radius 3 is 2.61 bits per heavy atom. The minimum Gasteiger partial charge on any atom is -0.444 e. The average Bonchev–Trinajstić information content (AvgIpc) is 3.19. The van der Waals surface area contributed by atoms with Gasteiger partial charge in [0, 0.05) is 23.7 Å². The lowest BCUT2D eigenvalue weighted by Crippen LogP contribution is -2.15. The van der Waals surface area contributed by atoms with Gasteiger partial charge in [-0.1, -0.05) is 19.1 Å². The van der Waals surface area contributed by atoms with E-state index in [1.165, 1.54) is 6.39 Å².